The van der Waals surface area contributed by atoms with Gasteiger partial charge in [0.15, 0.2) is 11.6 Å². The number of hydrogen-bond acceptors (Lipinski definition) is 8. The zero-order valence-corrected chi connectivity index (χ0v) is 26.7. The van der Waals surface area contributed by atoms with Crippen LogP contribution in [0.3, 0.4) is 0 Å². The third-order valence-electron chi connectivity index (χ3n) is 8.28. The van der Waals surface area contributed by atoms with E-state index < -0.39 is 17.2 Å². The van der Waals surface area contributed by atoms with Crippen molar-refractivity contribution in [3.05, 3.63) is 59.2 Å². The molecule has 1 amide bonds. The van der Waals surface area contributed by atoms with Crippen molar-refractivity contribution in [2.24, 2.45) is 5.92 Å². The molecule has 1 atom stereocenters. The van der Waals surface area contributed by atoms with Gasteiger partial charge in [0.1, 0.15) is 28.5 Å². The van der Waals surface area contributed by atoms with Crippen LogP contribution in [0.25, 0.3) is 22.3 Å². The highest BCUT2D eigenvalue weighted by Gasteiger charge is 2.31. The molecule has 238 valence electrons. The fourth-order valence-electron chi connectivity index (χ4n) is 6.34. The minimum Gasteiger partial charge on any atom is -0.444 e. The molecule has 0 saturated carbocycles. The van der Waals surface area contributed by atoms with Crippen LogP contribution in [0, 0.1) is 24.5 Å². The van der Waals surface area contributed by atoms with E-state index >= 15 is 4.39 Å². The number of rotatable bonds is 6. The van der Waals surface area contributed by atoms with Gasteiger partial charge in [0, 0.05) is 56.4 Å². The SMILES string of the molecule is Cc1nc2c(F)cc(-c3nc(Nc4ccc5c(n4)CCN(CC4CCN(C(=O)OC(C)(C)C)C4)C5)ncc3F)cc2n1C(C)C. The van der Waals surface area contributed by atoms with Gasteiger partial charge in [0.25, 0.3) is 0 Å². The quantitative estimate of drug-likeness (QED) is 0.265. The van der Waals surface area contributed by atoms with E-state index in [0.717, 1.165) is 56.5 Å². The van der Waals surface area contributed by atoms with Gasteiger partial charge in [-0.15, -0.1) is 0 Å². The standard InChI is InChI=1S/C33H40F2N8O2/c1-19(2)43-20(3)37-30-24(34)13-23(14-27(30)43)29-25(35)15-36-31(40-29)39-28-8-7-22-18-41(11-10-26(22)38-28)16-21-9-12-42(17-21)32(44)45-33(4,5)6/h7-8,13-15,19,21H,9-12,16-18H2,1-6H3,(H,36,38,39,40). The fourth-order valence-corrected chi connectivity index (χ4v) is 6.34. The number of likely N-dealkylation sites (tertiary alicyclic amines) is 1. The van der Waals surface area contributed by atoms with Crippen LogP contribution in [-0.4, -0.2) is 72.2 Å². The molecule has 2 aliphatic heterocycles. The number of carbonyl (C=O) groups excluding carboxylic acids is 1. The summed E-state index contributed by atoms with van der Waals surface area (Å²) in [5.41, 5.74) is 2.78. The molecular weight excluding hydrogens is 578 g/mol. The number of anilines is 2. The van der Waals surface area contributed by atoms with Crippen LogP contribution in [0.4, 0.5) is 25.3 Å². The Morgan fingerprint density at radius 1 is 1.11 bits per heavy atom. The Morgan fingerprint density at radius 2 is 1.91 bits per heavy atom. The molecule has 2 aliphatic rings. The number of aromatic nitrogens is 5. The predicted molar refractivity (Wildman–Crippen MR) is 168 cm³/mol. The van der Waals surface area contributed by atoms with Crippen LogP contribution >= 0.6 is 0 Å². The fraction of sp³-hybridized carbons (Fsp3) is 0.485. The number of benzene rings is 1. The highest BCUT2D eigenvalue weighted by atomic mass is 19.1. The number of hydrogen-bond donors (Lipinski definition) is 1. The molecular formula is C33H40F2N8O2. The molecule has 4 aromatic rings. The lowest BCUT2D eigenvalue weighted by Gasteiger charge is -2.30. The zero-order chi connectivity index (χ0) is 32.0. The van der Waals surface area contributed by atoms with Crippen molar-refractivity contribution in [1.29, 1.82) is 0 Å². The smallest absolute Gasteiger partial charge is 0.410 e. The van der Waals surface area contributed by atoms with E-state index in [-0.39, 0.29) is 29.3 Å². The van der Waals surface area contributed by atoms with Crippen molar-refractivity contribution < 1.29 is 18.3 Å². The Balaban J connectivity index is 1.13. The maximum atomic E-state index is 15.1. The number of carbonyl (C=O) groups is 1. The van der Waals surface area contributed by atoms with Gasteiger partial charge in [0.2, 0.25) is 5.95 Å². The number of fused-ring (bicyclic) bond motifs is 2. The van der Waals surface area contributed by atoms with Crippen molar-refractivity contribution in [2.45, 2.75) is 72.6 Å². The van der Waals surface area contributed by atoms with Gasteiger partial charge in [-0.2, -0.15) is 0 Å². The van der Waals surface area contributed by atoms with Gasteiger partial charge in [-0.05, 0) is 77.6 Å². The van der Waals surface area contributed by atoms with E-state index in [0.29, 0.717) is 35.2 Å². The van der Waals surface area contributed by atoms with Gasteiger partial charge < -0.3 is 19.5 Å². The summed E-state index contributed by atoms with van der Waals surface area (Å²) in [7, 11) is 0. The second kappa shape index (κ2) is 12.0. The van der Waals surface area contributed by atoms with E-state index in [9.17, 15) is 9.18 Å². The lowest BCUT2D eigenvalue weighted by atomic mass is 10.0. The lowest BCUT2D eigenvalue weighted by molar-refractivity contribution is 0.0284. The summed E-state index contributed by atoms with van der Waals surface area (Å²) < 4.78 is 37.5. The molecule has 3 aromatic heterocycles. The highest BCUT2D eigenvalue weighted by Crippen LogP contribution is 2.31. The van der Waals surface area contributed by atoms with E-state index in [1.54, 1.807) is 6.07 Å². The predicted octanol–water partition coefficient (Wildman–Crippen LogP) is 6.41. The largest absolute Gasteiger partial charge is 0.444 e. The summed E-state index contributed by atoms with van der Waals surface area (Å²) in [6.07, 6.45) is 2.59. The van der Waals surface area contributed by atoms with E-state index in [1.807, 2.05) is 63.1 Å². The molecule has 45 heavy (non-hydrogen) atoms. The normalized spacial score (nSPS) is 17.3. The average Bonchev–Trinajstić information content (AvgIpc) is 3.57. The molecule has 0 spiro atoms. The molecule has 0 aliphatic carbocycles. The summed E-state index contributed by atoms with van der Waals surface area (Å²) in [6, 6.07) is 6.94. The topological polar surface area (TPSA) is 101 Å². The van der Waals surface area contributed by atoms with Crippen molar-refractivity contribution in [1.82, 2.24) is 34.3 Å². The molecule has 1 fully saturated rings. The summed E-state index contributed by atoms with van der Waals surface area (Å²) in [5, 5.41) is 3.10. The molecule has 5 heterocycles. The Bertz CT molecular complexity index is 1750. The molecule has 1 N–H and O–H groups in total. The number of ether oxygens (including phenoxy) is 1. The van der Waals surface area contributed by atoms with Gasteiger partial charge in [-0.25, -0.2) is 33.5 Å². The molecule has 1 saturated heterocycles. The van der Waals surface area contributed by atoms with Crippen LogP contribution < -0.4 is 5.32 Å². The summed E-state index contributed by atoms with van der Waals surface area (Å²) in [6.45, 7) is 15.5. The first-order chi connectivity index (χ1) is 21.3. The first-order valence-electron chi connectivity index (χ1n) is 15.5. The number of amides is 1. The second-order valence-corrected chi connectivity index (χ2v) is 13.3. The molecule has 1 aromatic carbocycles. The third-order valence-corrected chi connectivity index (χ3v) is 8.28. The average molecular weight is 619 g/mol. The van der Waals surface area contributed by atoms with Crippen molar-refractivity contribution >= 4 is 28.9 Å². The van der Waals surface area contributed by atoms with E-state index in [4.69, 9.17) is 9.72 Å². The number of pyridine rings is 1. The number of halogens is 2. The van der Waals surface area contributed by atoms with Gasteiger partial charge >= 0.3 is 6.09 Å². The minimum atomic E-state index is -0.651. The second-order valence-electron chi connectivity index (χ2n) is 13.3. The Kier molecular flexibility index (Phi) is 8.19. The van der Waals surface area contributed by atoms with Crippen molar-refractivity contribution in [3.8, 4) is 11.3 Å². The Morgan fingerprint density at radius 3 is 2.67 bits per heavy atom. The summed E-state index contributed by atoms with van der Waals surface area (Å²) in [5.74, 6) is 0.631. The van der Waals surface area contributed by atoms with Crippen molar-refractivity contribution in [3.63, 3.8) is 0 Å². The first kappa shape index (κ1) is 30.8. The van der Waals surface area contributed by atoms with Crippen molar-refractivity contribution in [2.75, 3.05) is 31.5 Å². The van der Waals surface area contributed by atoms with Crippen LogP contribution in [0.2, 0.25) is 0 Å². The Labute approximate surface area is 261 Å². The lowest BCUT2D eigenvalue weighted by Crippen LogP contribution is -2.38. The van der Waals surface area contributed by atoms with Crippen LogP contribution in [0.1, 0.15) is 64.2 Å². The van der Waals surface area contributed by atoms with Crippen LogP contribution in [0.15, 0.2) is 30.5 Å². The van der Waals surface area contributed by atoms with E-state index in [1.165, 1.54) is 6.07 Å². The molecule has 10 nitrogen and oxygen atoms in total. The Hall–Kier alpha value is -4.19. The number of aryl methyl sites for hydroxylation is 1. The third kappa shape index (κ3) is 6.61. The molecule has 0 bridgehead atoms. The maximum absolute atomic E-state index is 15.1. The van der Waals surface area contributed by atoms with Gasteiger partial charge in [-0.1, -0.05) is 6.07 Å². The zero-order valence-electron chi connectivity index (χ0n) is 26.7. The number of nitrogens with one attached hydrogen (secondary N) is 1. The molecule has 6 rings (SSSR count). The number of nitrogens with zero attached hydrogens (tertiary/aromatic N) is 7. The van der Waals surface area contributed by atoms with Gasteiger partial charge in [0.05, 0.1) is 11.7 Å². The highest BCUT2D eigenvalue weighted by molar-refractivity contribution is 5.83. The molecule has 1 unspecified atom stereocenters. The van der Waals surface area contributed by atoms with Crippen LogP contribution in [0.5, 0.6) is 0 Å². The van der Waals surface area contributed by atoms with E-state index in [2.05, 4.69) is 25.2 Å². The summed E-state index contributed by atoms with van der Waals surface area (Å²) >= 11 is 0. The van der Waals surface area contributed by atoms with Crippen LogP contribution in [-0.2, 0) is 17.7 Å². The monoisotopic (exact) mass is 618 g/mol. The molecule has 12 heteroatoms. The molecule has 0 radical (unpaired) electrons. The first-order valence-corrected chi connectivity index (χ1v) is 15.5. The summed E-state index contributed by atoms with van der Waals surface area (Å²) in [4.78, 5) is 34.4. The van der Waals surface area contributed by atoms with Gasteiger partial charge in [-0.3, -0.25) is 4.90 Å². The number of imidazole rings is 1. The maximum Gasteiger partial charge on any atom is 0.410 e. The minimum absolute atomic E-state index is 0.00629.